The fourth-order valence-electron chi connectivity index (χ4n) is 2.39. The first kappa shape index (κ1) is 16.3. The Bertz CT molecular complexity index is 718. The second-order valence-corrected chi connectivity index (χ2v) is 5.14. The van der Waals surface area contributed by atoms with Crippen molar-refractivity contribution in [2.24, 2.45) is 0 Å². The number of nitrogen functional groups attached to an aromatic ring is 1. The number of hydrogen-bond donors (Lipinski definition) is 1. The highest BCUT2D eigenvalue weighted by molar-refractivity contribution is 5.67. The van der Waals surface area contributed by atoms with Gasteiger partial charge in [-0.25, -0.2) is 9.97 Å². The van der Waals surface area contributed by atoms with Crippen molar-refractivity contribution >= 4 is 11.6 Å². The SMILES string of the molecule is Nc1ncc(-c2cccc(OC(F)(F)F)c2)nc1N1CCOCC1. The van der Waals surface area contributed by atoms with Crippen LogP contribution in [0, 0.1) is 0 Å². The molecule has 1 aliphatic heterocycles. The lowest BCUT2D eigenvalue weighted by Gasteiger charge is -2.28. The summed E-state index contributed by atoms with van der Waals surface area (Å²) >= 11 is 0. The molecule has 128 valence electrons. The van der Waals surface area contributed by atoms with Crippen molar-refractivity contribution in [3.8, 4) is 17.0 Å². The summed E-state index contributed by atoms with van der Waals surface area (Å²) in [7, 11) is 0. The zero-order valence-corrected chi connectivity index (χ0v) is 12.6. The van der Waals surface area contributed by atoms with Gasteiger partial charge in [-0.1, -0.05) is 12.1 Å². The smallest absolute Gasteiger partial charge is 0.406 e. The van der Waals surface area contributed by atoms with Gasteiger partial charge in [0.25, 0.3) is 0 Å². The molecular weight excluding hydrogens is 325 g/mol. The first-order valence-electron chi connectivity index (χ1n) is 7.24. The van der Waals surface area contributed by atoms with Crippen molar-refractivity contribution in [2.75, 3.05) is 36.9 Å². The third kappa shape index (κ3) is 3.85. The van der Waals surface area contributed by atoms with Crippen LogP contribution < -0.4 is 15.4 Å². The summed E-state index contributed by atoms with van der Waals surface area (Å²) in [5.74, 6) is 0.452. The molecule has 24 heavy (non-hydrogen) atoms. The highest BCUT2D eigenvalue weighted by atomic mass is 19.4. The summed E-state index contributed by atoms with van der Waals surface area (Å²) in [5, 5.41) is 0. The van der Waals surface area contributed by atoms with Crippen LogP contribution >= 0.6 is 0 Å². The van der Waals surface area contributed by atoms with Crippen molar-refractivity contribution in [3.63, 3.8) is 0 Å². The van der Waals surface area contributed by atoms with E-state index in [2.05, 4.69) is 14.7 Å². The Morgan fingerprint density at radius 2 is 1.96 bits per heavy atom. The molecule has 1 aromatic carbocycles. The summed E-state index contributed by atoms with van der Waals surface area (Å²) < 4.78 is 46.3. The van der Waals surface area contributed by atoms with Crippen LogP contribution in [0.25, 0.3) is 11.3 Å². The third-order valence-corrected chi connectivity index (χ3v) is 3.46. The van der Waals surface area contributed by atoms with E-state index in [1.54, 1.807) is 6.07 Å². The fourth-order valence-corrected chi connectivity index (χ4v) is 2.39. The van der Waals surface area contributed by atoms with E-state index < -0.39 is 6.36 Å². The second-order valence-electron chi connectivity index (χ2n) is 5.14. The van der Waals surface area contributed by atoms with E-state index >= 15 is 0 Å². The van der Waals surface area contributed by atoms with Crippen LogP contribution in [0.15, 0.2) is 30.5 Å². The Labute approximate surface area is 136 Å². The zero-order chi connectivity index (χ0) is 17.2. The highest BCUT2D eigenvalue weighted by Crippen LogP contribution is 2.29. The number of anilines is 2. The Kier molecular flexibility index (Phi) is 4.43. The number of nitrogens with zero attached hydrogens (tertiary/aromatic N) is 3. The van der Waals surface area contributed by atoms with Gasteiger partial charge in [0.2, 0.25) is 0 Å². The van der Waals surface area contributed by atoms with Gasteiger partial charge in [-0.05, 0) is 12.1 Å². The minimum Gasteiger partial charge on any atom is -0.406 e. The number of morpholine rings is 1. The molecule has 0 aliphatic carbocycles. The van der Waals surface area contributed by atoms with Crippen molar-refractivity contribution in [2.45, 2.75) is 6.36 Å². The van der Waals surface area contributed by atoms with E-state index in [4.69, 9.17) is 10.5 Å². The Morgan fingerprint density at radius 1 is 1.21 bits per heavy atom. The molecule has 1 saturated heterocycles. The molecule has 0 spiro atoms. The van der Waals surface area contributed by atoms with Gasteiger partial charge in [0.05, 0.1) is 25.1 Å². The van der Waals surface area contributed by atoms with Crippen molar-refractivity contribution in [3.05, 3.63) is 30.5 Å². The molecule has 0 bridgehead atoms. The molecule has 0 radical (unpaired) electrons. The number of benzene rings is 1. The molecule has 1 fully saturated rings. The van der Waals surface area contributed by atoms with Crippen LogP contribution in [0.4, 0.5) is 24.8 Å². The molecule has 2 aromatic rings. The normalized spacial score (nSPS) is 15.4. The second kappa shape index (κ2) is 6.52. The van der Waals surface area contributed by atoms with Crippen LogP contribution in [0.2, 0.25) is 0 Å². The monoisotopic (exact) mass is 340 g/mol. The van der Waals surface area contributed by atoms with Crippen molar-refractivity contribution in [1.82, 2.24) is 9.97 Å². The Hall–Kier alpha value is -2.55. The first-order valence-corrected chi connectivity index (χ1v) is 7.24. The number of halogens is 3. The van der Waals surface area contributed by atoms with E-state index in [0.29, 0.717) is 43.4 Å². The summed E-state index contributed by atoms with van der Waals surface area (Å²) in [6, 6.07) is 5.58. The molecule has 2 heterocycles. The average molecular weight is 340 g/mol. The quantitative estimate of drug-likeness (QED) is 0.925. The highest BCUT2D eigenvalue weighted by Gasteiger charge is 2.31. The number of rotatable bonds is 3. The summed E-state index contributed by atoms with van der Waals surface area (Å²) in [6.45, 7) is 2.36. The van der Waals surface area contributed by atoms with E-state index in [9.17, 15) is 13.2 Å². The van der Waals surface area contributed by atoms with Gasteiger partial charge in [-0.2, -0.15) is 0 Å². The molecule has 1 aromatic heterocycles. The predicted octanol–water partition coefficient (Wildman–Crippen LogP) is 2.46. The molecule has 0 amide bonds. The Morgan fingerprint density at radius 3 is 2.67 bits per heavy atom. The topological polar surface area (TPSA) is 73.5 Å². The molecule has 1 aliphatic rings. The van der Waals surface area contributed by atoms with Crippen LogP contribution in [-0.4, -0.2) is 42.6 Å². The molecular formula is C15H15F3N4O2. The summed E-state index contributed by atoms with van der Waals surface area (Å²) in [6.07, 6.45) is -3.32. The van der Waals surface area contributed by atoms with Crippen LogP contribution in [-0.2, 0) is 4.74 Å². The molecule has 0 saturated carbocycles. The van der Waals surface area contributed by atoms with Gasteiger partial charge in [-0.3, -0.25) is 0 Å². The predicted molar refractivity (Wildman–Crippen MR) is 81.6 cm³/mol. The van der Waals surface area contributed by atoms with Gasteiger partial charge in [0.15, 0.2) is 11.6 Å². The third-order valence-electron chi connectivity index (χ3n) is 3.46. The maximum absolute atomic E-state index is 12.4. The molecule has 2 N–H and O–H groups in total. The molecule has 0 atom stereocenters. The van der Waals surface area contributed by atoms with E-state index in [1.807, 2.05) is 4.90 Å². The average Bonchev–Trinajstić information content (AvgIpc) is 2.55. The van der Waals surface area contributed by atoms with Gasteiger partial charge < -0.3 is 20.1 Å². The lowest BCUT2D eigenvalue weighted by atomic mass is 10.1. The Balaban J connectivity index is 1.90. The van der Waals surface area contributed by atoms with Crippen LogP contribution in [0.5, 0.6) is 5.75 Å². The standard InChI is InChI=1S/C15H15F3N4O2/c16-15(17,18)24-11-3-1-2-10(8-11)12-9-20-13(19)14(21-12)22-4-6-23-7-5-22/h1-3,8-9H,4-7H2,(H2,19,20). The van der Waals surface area contributed by atoms with E-state index in [1.165, 1.54) is 24.4 Å². The number of alkyl halides is 3. The van der Waals surface area contributed by atoms with Gasteiger partial charge in [0.1, 0.15) is 5.75 Å². The van der Waals surface area contributed by atoms with Gasteiger partial charge in [0, 0.05) is 18.7 Å². The summed E-state index contributed by atoms with van der Waals surface area (Å²) in [4.78, 5) is 10.5. The lowest BCUT2D eigenvalue weighted by Crippen LogP contribution is -2.37. The lowest BCUT2D eigenvalue weighted by molar-refractivity contribution is -0.274. The van der Waals surface area contributed by atoms with E-state index in [-0.39, 0.29) is 11.6 Å². The molecule has 6 nitrogen and oxygen atoms in total. The number of aromatic nitrogens is 2. The van der Waals surface area contributed by atoms with Crippen molar-refractivity contribution < 1.29 is 22.6 Å². The maximum atomic E-state index is 12.4. The van der Waals surface area contributed by atoms with Crippen LogP contribution in [0.1, 0.15) is 0 Å². The van der Waals surface area contributed by atoms with Crippen molar-refractivity contribution in [1.29, 1.82) is 0 Å². The number of nitrogens with two attached hydrogens (primary N) is 1. The van der Waals surface area contributed by atoms with Gasteiger partial charge >= 0.3 is 6.36 Å². The van der Waals surface area contributed by atoms with E-state index in [0.717, 1.165) is 0 Å². The molecule has 3 rings (SSSR count). The first-order chi connectivity index (χ1) is 11.4. The largest absolute Gasteiger partial charge is 0.573 e. The fraction of sp³-hybridized carbons (Fsp3) is 0.333. The molecule has 0 unspecified atom stereocenters. The summed E-state index contributed by atoms with van der Waals surface area (Å²) in [5.41, 5.74) is 6.75. The number of ether oxygens (including phenoxy) is 2. The maximum Gasteiger partial charge on any atom is 0.573 e. The molecule has 9 heteroatoms. The minimum absolute atomic E-state index is 0.267. The number of hydrogen-bond acceptors (Lipinski definition) is 6. The minimum atomic E-state index is -4.75. The van der Waals surface area contributed by atoms with Gasteiger partial charge in [-0.15, -0.1) is 13.2 Å². The van der Waals surface area contributed by atoms with Crippen LogP contribution in [0.3, 0.4) is 0 Å². The zero-order valence-electron chi connectivity index (χ0n) is 12.6.